The van der Waals surface area contributed by atoms with Crippen LogP contribution in [0, 0.1) is 0 Å². The van der Waals surface area contributed by atoms with Crippen molar-refractivity contribution < 1.29 is 14.6 Å². The third-order valence-electron chi connectivity index (χ3n) is 5.30. The monoisotopic (exact) mass is 512 g/mol. The second-order valence-electron chi connectivity index (χ2n) is 7.47. The fourth-order valence-corrected chi connectivity index (χ4v) is 4.20. The van der Waals surface area contributed by atoms with Crippen molar-refractivity contribution in [3.05, 3.63) is 99.1 Å². The molecule has 164 valence electrons. The number of fused-ring (bicyclic) bond motifs is 1. The Kier molecular flexibility index (Phi) is 7.15. The summed E-state index contributed by atoms with van der Waals surface area (Å²) in [4.78, 5) is 15.2. The van der Waals surface area contributed by atoms with Crippen LogP contribution >= 0.6 is 27.5 Å². The standard InChI is InChI=1S/C25H22BrClN2O3/c26-19-9-10-24(32-15-16-5-1-3-7-21(16)27)18(11-19)14-29-23(25(30)31)12-17-13-28-22-8-4-2-6-20(17)22/h1-11,13,23,28-29H,12,14-15H2,(H,30,31)/t23-/m0/s1. The zero-order chi connectivity index (χ0) is 22.5. The maximum atomic E-state index is 12.0. The molecule has 3 N–H and O–H groups in total. The van der Waals surface area contributed by atoms with Gasteiger partial charge in [-0.3, -0.25) is 10.1 Å². The van der Waals surface area contributed by atoms with Crippen LogP contribution in [-0.2, 0) is 24.4 Å². The number of carbonyl (C=O) groups is 1. The molecule has 4 rings (SSSR count). The van der Waals surface area contributed by atoms with Crippen LogP contribution in [-0.4, -0.2) is 22.1 Å². The number of para-hydroxylation sites is 1. The quantitative estimate of drug-likeness (QED) is 0.259. The third-order valence-corrected chi connectivity index (χ3v) is 6.16. The molecule has 5 nitrogen and oxygen atoms in total. The van der Waals surface area contributed by atoms with E-state index >= 15 is 0 Å². The predicted molar refractivity (Wildman–Crippen MR) is 130 cm³/mol. The Hall–Kier alpha value is -2.80. The van der Waals surface area contributed by atoms with Gasteiger partial charge < -0.3 is 14.8 Å². The molecule has 0 aliphatic carbocycles. The van der Waals surface area contributed by atoms with Gasteiger partial charge >= 0.3 is 5.97 Å². The van der Waals surface area contributed by atoms with Crippen LogP contribution in [0.15, 0.2) is 77.4 Å². The van der Waals surface area contributed by atoms with Gasteiger partial charge in [-0.1, -0.05) is 63.9 Å². The number of aromatic nitrogens is 1. The molecule has 7 heteroatoms. The summed E-state index contributed by atoms with van der Waals surface area (Å²) < 4.78 is 6.91. The molecule has 3 aromatic carbocycles. The number of ether oxygens (including phenoxy) is 1. The summed E-state index contributed by atoms with van der Waals surface area (Å²) in [7, 11) is 0. The third kappa shape index (κ3) is 5.33. The molecule has 1 atom stereocenters. The molecule has 0 saturated carbocycles. The summed E-state index contributed by atoms with van der Waals surface area (Å²) in [6, 6.07) is 20.4. The van der Waals surface area contributed by atoms with Gasteiger partial charge in [0.25, 0.3) is 0 Å². The van der Waals surface area contributed by atoms with Crippen LogP contribution in [0.3, 0.4) is 0 Å². The molecule has 0 aliphatic rings. The number of hydrogen-bond donors (Lipinski definition) is 3. The normalized spacial score (nSPS) is 12.1. The van der Waals surface area contributed by atoms with Crippen LogP contribution in [0.5, 0.6) is 5.75 Å². The number of hydrogen-bond acceptors (Lipinski definition) is 3. The maximum Gasteiger partial charge on any atom is 0.321 e. The highest BCUT2D eigenvalue weighted by atomic mass is 79.9. The lowest BCUT2D eigenvalue weighted by Gasteiger charge is -2.17. The van der Waals surface area contributed by atoms with Gasteiger partial charge in [-0.2, -0.15) is 0 Å². The minimum atomic E-state index is -0.899. The van der Waals surface area contributed by atoms with Gasteiger partial charge in [0, 0.05) is 50.7 Å². The van der Waals surface area contributed by atoms with Gasteiger partial charge in [-0.25, -0.2) is 0 Å². The fraction of sp³-hybridized carbons (Fsp3) is 0.160. The predicted octanol–water partition coefficient (Wildman–Crippen LogP) is 5.95. The average molecular weight is 514 g/mol. The first-order valence-electron chi connectivity index (χ1n) is 10.2. The molecule has 0 amide bonds. The number of aromatic amines is 1. The van der Waals surface area contributed by atoms with Crippen LogP contribution in [0.1, 0.15) is 16.7 Å². The van der Waals surface area contributed by atoms with E-state index in [1.165, 1.54) is 0 Å². The van der Waals surface area contributed by atoms with E-state index in [-0.39, 0.29) is 0 Å². The van der Waals surface area contributed by atoms with Crippen molar-refractivity contribution in [3.63, 3.8) is 0 Å². The van der Waals surface area contributed by atoms with Crippen LogP contribution < -0.4 is 10.1 Å². The highest BCUT2D eigenvalue weighted by Gasteiger charge is 2.20. The largest absolute Gasteiger partial charge is 0.489 e. The first kappa shape index (κ1) is 22.4. The highest BCUT2D eigenvalue weighted by molar-refractivity contribution is 9.10. The summed E-state index contributed by atoms with van der Waals surface area (Å²) >= 11 is 9.73. The lowest BCUT2D eigenvalue weighted by molar-refractivity contribution is -0.139. The van der Waals surface area contributed by atoms with E-state index in [1.54, 1.807) is 0 Å². The molecule has 4 aromatic rings. The number of rotatable bonds is 9. The number of carboxylic acids is 1. The topological polar surface area (TPSA) is 74.3 Å². The van der Waals surface area contributed by atoms with E-state index in [0.29, 0.717) is 30.3 Å². The Bertz CT molecular complexity index is 1240. The van der Waals surface area contributed by atoms with Gasteiger partial charge in [0.2, 0.25) is 0 Å². The minimum Gasteiger partial charge on any atom is -0.489 e. The van der Waals surface area contributed by atoms with Gasteiger partial charge in [0.1, 0.15) is 18.4 Å². The molecule has 0 unspecified atom stereocenters. The van der Waals surface area contributed by atoms with Gasteiger partial charge in [0.15, 0.2) is 0 Å². The van der Waals surface area contributed by atoms with Crippen molar-refractivity contribution >= 4 is 44.4 Å². The van der Waals surface area contributed by atoms with Gasteiger partial charge in [0.05, 0.1) is 0 Å². The summed E-state index contributed by atoms with van der Waals surface area (Å²) in [6.45, 7) is 0.669. The van der Waals surface area contributed by atoms with E-state index < -0.39 is 12.0 Å². The van der Waals surface area contributed by atoms with E-state index in [4.69, 9.17) is 16.3 Å². The minimum absolute atomic E-state index is 0.325. The van der Waals surface area contributed by atoms with Crippen molar-refractivity contribution in [2.45, 2.75) is 25.6 Å². The maximum absolute atomic E-state index is 12.0. The number of nitrogens with one attached hydrogen (secondary N) is 2. The second-order valence-corrected chi connectivity index (χ2v) is 8.79. The van der Waals surface area contributed by atoms with Crippen LogP contribution in [0.2, 0.25) is 5.02 Å². The lowest BCUT2D eigenvalue weighted by atomic mass is 10.0. The van der Waals surface area contributed by atoms with E-state index in [1.807, 2.05) is 72.9 Å². The summed E-state index contributed by atoms with van der Waals surface area (Å²) in [6.07, 6.45) is 2.24. The number of carboxylic acid groups (broad SMARTS) is 1. The Labute approximate surface area is 199 Å². The van der Waals surface area contributed by atoms with Crippen LogP contribution in [0.4, 0.5) is 0 Å². The highest BCUT2D eigenvalue weighted by Crippen LogP contribution is 2.26. The fourth-order valence-electron chi connectivity index (χ4n) is 3.60. The Morgan fingerprint density at radius 1 is 1.06 bits per heavy atom. The molecule has 0 spiro atoms. The molecular formula is C25H22BrClN2O3. The molecule has 0 saturated heterocycles. The molecule has 1 heterocycles. The van der Waals surface area contributed by atoms with E-state index in [9.17, 15) is 9.90 Å². The number of halogens is 2. The second kappa shape index (κ2) is 10.2. The number of H-pyrrole nitrogens is 1. The molecule has 0 aliphatic heterocycles. The molecule has 0 bridgehead atoms. The summed E-state index contributed by atoms with van der Waals surface area (Å²) in [5.41, 5.74) is 3.70. The summed E-state index contributed by atoms with van der Waals surface area (Å²) in [5.74, 6) is -0.222. The van der Waals surface area contributed by atoms with Gasteiger partial charge in [-0.15, -0.1) is 0 Å². The van der Waals surface area contributed by atoms with Gasteiger partial charge in [-0.05, 0) is 35.9 Å². The first-order valence-corrected chi connectivity index (χ1v) is 11.3. The molecule has 0 fully saturated rings. The zero-order valence-electron chi connectivity index (χ0n) is 17.1. The Morgan fingerprint density at radius 3 is 2.66 bits per heavy atom. The Morgan fingerprint density at radius 2 is 1.84 bits per heavy atom. The lowest BCUT2D eigenvalue weighted by Crippen LogP contribution is -2.38. The van der Waals surface area contributed by atoms with Crippen molar-refractivity contribution in [1.29, 1.82) is 0 Å². The first-order chi connectivity index (χ1) is 15.5. The molecule has 1 aromatic heterocycles. The number of aliphatic carboxylic acids is 1. The van der Waals surface area contributed by atoms with E-state index in [0.717, 1.165) is 32.1 Å². The SMILES string of the molecule is O=C(O)[C@H](Cc1c[nH]c2ccccc12)NCc1cc(Br)ccc1OCc1ccccc1Cl. The number of benzene rings is 3. The van der Waals surface area contributed by atoms with Crippen molar-refractivity contribution in [2.75, 3.05) is 0 Å². The molecule has 32 heavy (non-hydrogen) atoms. The molecule has 0 radical (unpaired) electrons. The van der Waals surface area contributed by atoms with Crippen molar-refractivity contribution in [3.8, 4) is 5.75 Å². The summed E-state index contributed by atoms with van der Waals surface area (Å²) in [5, 5.41) is 14.7. The molecular weight excluding hydrogens is 492 g/mol. The van der Waals surface area contributed by atoms with Crippen molar-refractivity contribution in [1.82, 2.24) is 10.3 Å². The smallest absolute Gasteiger partial charge is 0.321 e. The van der Waals surface area contributed by atoms with Crippen molar-refractivity contribution in [2.24, 2.45) is 0 Å². The van der Waals surface area contributed by atoms with E-state index in [2.05, 4.69) is 26.2 Å². The Balaban J connectivity index is 1.48. The average Bonchev–Trinajstić information content (AvgIpc) is 3.19. The van der Waals surface area contributed by atoms with Crippen LogP contribution in [0.25, 0.3) is 10.9 Å². The zero-order valence-corrected chi connectivity index (χ0v) is 19.5.